The number of rotatable bonds is 3. The van der Waals surface area contributed by atoms with Gasteiger partial charge in [-0.25, -0.2) is 0 Å². The minimum absolute atomic E-state index is 0.411. The molecule has 1 saturated heterocycles. The average Bonchev–Trinajstić information content (AvgIpc) is 3.22. The molecule has 1 aliphatic heterocycles. The van der Waals surface area contributed by atoms with Crippen LogP contribution in [0.25, 0.3) is 11.3 Å². The van der Waals surface area contributed by atoms with E-state index in [0.29, 0.717) is 6.04 Å². The Balaban J connectivity index is 1.50. The highest BCUT2D eigenvalue weighted by molar-refractivity contribution is 5.59. The van der Waals surface area contributed by atoms with Crippen LogP contribution >= 0.6 is 0 Å². The molecule has 0 bridgehead atoms. The monoisotopic (exact) mass is 319 g/mol. The summed E-state index contributed by atoms with van der Waals surface area (Å²) >= 11 is 0. The van der Waals surface area contributed by atoms with E-state index in [0.717, 1.165) is 42.3 Å². The van der Waals surface area contributed by atoms with Crippen molar-refractivity contribution in [3.8, 4) is 11.3 Å². The Morgan fingerprint density at radius 1 is 1.00 bits per heavy atom. The van der Waals surface area contributed by atoms with E-state index in [-0.39, 0.29) is 0 Å². The second kappa shape index (κ2) is 6.07. The lowest BCUT2D eigenvalue weighted by molar-refractivity contribution is 0.481. The molecule has 3 heterocycles. The lowest BCUT2D eigenvalue weighted by Gasteiger charge is -2.17. The van der Waals surface area contributed by atoms with Gasteiger partial charge in [0, 0.05) is 24.3 Å². The van der Waals surface area contributed by atoms with Crippen molar-refractivity contribution < 1.29 is 0 Å². The highest BCUT2D eigenvalue weighted by atomic mass is 15.4. The molecule has 1 aromatic carbocycles. The molecule has 0 amide bonds. The molecular weight excluding hydrogens is 298 g/mol. The Bertz CT molecular complexity index is 823. The first-order valence-corrected chi connectivity index (χ1v) is 8.37. The molecule has 24 heavy (non-hydrogen) atoms. The normalized spacial score (nSPS) is 17.4. The Kier molecular flexibility index (Phi) is 3.76. The van der Waals surface area contributed by atoms with Crippen molar-refractivity contribution in [2.75, 3.05) is 18.0 Å². The molecule has 2 aromatic heterocycles. The first-order chi connectivity index (χ1) is 11.7. The van der Waals surface area contributed by atoms with Gasteiger partial charge >= 0.3 is 0 Å². The predicted molar refractivity (Wildman–Crippen MR) is 95.0 cm³/mol. The van der Waals surface area contributed by atoms with Crippen LogP contribution in [0.5, 0.6) is 0 Å². The zero-order valence-corrected chi connectivity index (χ0v) is 14.1. The van der Waals surface area contributed by atoms with Crippen molar-refractivity contribution in [1.29, 1.82) is 0 Å². The largest absolute Gasteiger partial charge is 0.353 e. The van der Waals surface area contributed by atoms with Crippen LogP contribution in [0.15, 0.2) is 48.5 Å². The predicted octanol–water partition coefficient (Wildman–Crippen LogP) is 3.41. The van der Waals surface area contributed by atoms with E-state index < -0.39 is 0 Å². The fourth-order valence-electron chi connectivity index (χ4n) is 3.42. The Hall–Kier alpha value is -2.69. The zero-order valence-electron chi connectivity index (χ0n) is 14.1. The number of aromatic nitrogens is 4. The number of anilines is 1. The van der Waals surface area contributed by atoms with E-state index in [2.05, 4.69) is 56.1 Å². The molecular formula is C19H21N5. The van der Waals surface area contributed by atoms with Gasteiger partial charge in [0.15, 0.2) is 5.82 Å². The van der Waals surface area contributed by atoms with Crippen LogP contribution in [-0.2, 0) is 0 Å². The summed E-state index contributed by atoms with van der Waals surface area (Å²) in [7, 11) is 0. The summed E-state index contributed by atoms with van der Waals surface area (Å²) in [5.41, 5.74) is 4.31. The van der Waals surface area contributed by atoms with Crippen molar-refractivity contribution in [2.45, 2.75) is 26.3 Å². The van der Waals surface area contributed by atoms with Gasteiger partial charge < -0.3 is 4.90 Å². The van der Waals surface area contributed by atoms with Gasteiger partial charge in [-0.15, -0.1) is 10.2 Å². The lowest BCUT2D eigenvalue weighted by atomic mass is 10.1. The quantitative estimate of drug-likeness (QED) is 0.742. The Morgan fingerprint density at radius 2 is 1.83 bits per heavy atom. The van der Waals surface area contributed by atoms with Gasteiger partial charge in [-0.1, -0.05) is 30.3 Å². The highest BCUT2D eigenvalue weighted by Crippen LogP contribution is 2.27. The maximum Gasteiger partial charge on any atom is 0.151 e. The minimum atomic E-state index is 0.411. The van der Waals surface area contributed by atoms with E-state index >= 15 is 0 Å². The van der Waals surface area contributed by atoms with E-state index in [9.17, 15) is 0 Å². The van der Waals surface area contributed by atoms with Crippen molar-refractivity contribution in [3.05, 3.63) is 59.9 Å². The van der Waals surface area contributed by atoms with Gasteiger partial charge in [-0.3, -0.25) is 4.68 Å². The number of hydrogen-bond donors (Lipinski definition) is 0. The minimum Gasteiger partial charge on any atom is -0.353 e. The van der Waals surface area contributed by atoms with Crippen molar-refractivity contribution in [3.63, 3.8) is 0 Å². The van der Waals surface area contributed by atoms with Crippen LogP contribution in [0.3, 0.4) is 0 Å². The van der Waals surface area contributed by atoms with Gasteiger partial charge in [-0.2, -0.15) is 5.10 Å². The molecule has 0 spiro atoms. The van der Waals surface area contributed by atoms with Crippen molar-refractivity contribution in [1.82, 2.24) is 20.0 Å². The standard InChI is InChI=1S/C19H21N5/c1-14-12-15(2)24(22-14)17-10-11-23(13-17)19-9-8-18(20-21-19)16-6-4-3-5-7-16/h3-9,12,17H,10-11,13H2,1-2H3/t17-/m1/s1. The number of nitrogens with zero attached hydrogens (tertiary/aromatic N) is 5. The van der Waals surface area contributed by atoms with Crippen LogP contribution in [0, 0.1) is 13.8 Å². The maximum atomic E-state index is 4.63. The third-order valence-corrected chi connectivity index (χ3v) is 4.60. The van der Waals surface area contributed by atoms with Crippen LogP contribution in [0.1, 0.15) is 23.9 Å². The lowest BCUT2D eigenvalue weighted by Crippen LogP contribution is -2.23. The topological polar surface area (TPSA) is 46.8 Å². The second-order valence-electron chi connectivity index (χ2n) is 6.40. The summed E-state index contributed by atoms with van der Waals surface area (Å²) in [5, 5.41) is 13.5. The molecule has 0 N–H and O–H groups in total. The average molecular weight is 319 g/mol. The summed E-state index contributed by atoms with van der Waals surface area (Å²) < 4.78 is 2.15. The third kappa shape index (κ3) is 2.77. The molecule has 122 valence electrons. The van der Waals surface area contributed by atoms with Gasteiger partial charge in [0.1, 0.15) is 0 Å². The molecule has 1 aliphatic rings. The fourth-order valence-corrected chi connectivity index (χ4v) is 3.42. The maximum absolute atomic E-state index is 4.63. The van der Waals surface area contributed by atoms with Gasteiger partial charge in [-0.05, 0) is 38.5 Å². The molecule has 0 aliphatic carbocycles. The van der Waals surface area contributed by atoms with Crippen LogP contribution in [0.2, 0.25) is 0 Å². The van der Waals surface area contributed by atoms with E-state index in [1.54, 1.807) is 0 Å². The summed E-state index contributed by atoms with van der Waals surface area (Å²) in [4.78, 5) is 2.29. The first-order valence-electron chi connectivity index (χ1n) is 8.37. The molecule has 0 unspecified atom stereocenters. The number of benzene rings is 1. The SMILES string of the molecule is Cc1cc(C)n([C@@H]2CCN(c3ccc(-c4ccccc4)nn3)C2)n1. The van der Waals surface area contributed by atoms with Gasteiger partial charge in [0.25, 0.3) is 0 Å². The number of hydrogen-bond acceptors (Lipinski definition) is 4. The third-order valence-electron chi connectivity index (χ3n) is 4.60. The van der Waals surface area contributed by atoms with Gasteiger partial charge in [0.2, 0.25) is 0 Å². The molecule has 4 rings (SSSR count). The second-order valence-corrected chi connectivity index (χ2v) is 6.40. The summed E-state index contributed by atoms with van der Waals surface area (Å²) in [5.74, 6) is 0.943. The van der Waals surface area contributed by atoms with E-state index in [4.69, 9.17) is 0 Å². The number of aryl methyl sites for hydroxylation is 2. The summed E-state index contributed by atoms with van der Waals surface area (Å²) in [6.45, 7) is 6.09. The summed E-state index contributed by atoms with van der Waals surface area (Å²) in [6.07, 6.45) is 1.09. The van der Waals surface area contributed by atoms with Crippen molar-refractivity contribution in [2.24, 2.45) is 0 Å². The van der Waals surface area contributed by atoms with Crippen LogP contribution in [-0.4, -0.2) is 33.1 Å². The molecule has 5 nitrogen and oxygen atoms in total. The van der Waals surface area contributed by atoms with E-state index in [1.165, 1.54) is 5.69 Å². The molecule has 3 aromatic rings. The van der Waals surface area contributed by atoms with Crippen LogP contribution < -0.4 is 4.90 Å². The van der Waals surface area contributed by atoms with E-state index in [1.807, 2.05) is 31.2 Å². The Morgan fingerprint density at radius 3 is 2.50 bits per heavy atom. The smallest absolute Gasteiger partial charge is 0.151 e. The molecule has 0 radical (unpaired) electrons. The molecule has 1 atom stereocenters. The first kappa shape index (κ1) is 14.9. The zero-order chi connectivity index (χ0) is 16.5. The Labute approximate surface area is 142 Å². The van der Waals surface area contributed by atoms with Crippen molar-refractivity contribution >= 4 is 5.82 Å². The molecule has 1 fully saturated rings. The molecule has 5 heteroatoms. The fraction of sp³-hybridized carbons (Fsp3) is 0.316. The van der Waals surface area contributed by atoms with Crippen LogP contribution in [0.4, 0.5) is 5.82 Å². The highest BCUT2D eigenvalue weighted by Gasteiger charge is 2.26. The van der Waals surface area contributed by atoms with Gasteiger partial charge in [0.05, 0.1) is 17.4 Å². The molecule has 0 saturated carbocycles. The summed E-state index contributed by atoms with van der Waals surface area (Å²) in [6, 6.07) is 16.8.